The molecule has 108 valence electrons. The van der Waals surface area contributed by atoms with E-state index >= 15 is 0 Å². The highest BCUT2D eigenvalue weighted by molar-refractivity contribution is 5.92. The van der Waals surface area contributed by atoms with Crippen molar-refractivity contribution in [1.29, 1.82) is 0 Å². The molecular formula is C14H19N3O3. The second kappa shape index (κ2) is 5.90. The third-order valence-electron chi connectivity index (χ3n) is 3.57. The number of urea groups is 1. The van der Waals surface area contributed by atoms with Gasteiger partial charge in [0.15, 0.2) is 0 Å². The fourth-order valence-electron chi connectivity index (χ4n) is 2.61. The summed E-state index contributed by atoms with van der Waals surface area (Å²) in [4.78, 5) is 29.0. The number of carboxylic acids is 1. The van der Waals surface area contributed by atoms with Crippen molar-refractivity contribution in [2.45, 2.75) is 32.7 Å². The average Bonchev–Trinajstić information content (AvgIpc) is 2.37. The molecule has 2 amide bonds. The van der Waals surface area contributed by atoms with E-state index in [0.29, 0.717) is 12.2 Å². The van der Waals surface area contributed by atoms with Crippen LogP contribution in [0.15, 0.2) is 18.5 Å². The van der Waals surface area contributed by atoms with Gasteiger partial charge in [-0.2, -0.15) is 0 Å². The molecule has 2 atom stereocenters. The second-order valence-corrected chi connectivity index (χ2v) is 5.28. The van der Waals surface area contributed by atoms with E-state index in [4.69, 9.17) is 0 Å². The highest BCUT2D eigenvalue weighted by Crippen LogP contribution is 2.24. The summed E-state index contributed by atoms with van der Waals surface area (Å²) in [6.45, 7) is 4.21. The number of aromatic nitrogens is 1. The Bertz CT molecular complexity index is 518. The first-order valence-corrected chi connectivity index (χ1v) is 6.71. The number of aryl methyl sites for hydroxylation is 1. The molecule has 2 rings (SSSR count). The van der Waals surface area contributed by atoms with E-state index in [1.54, 1.807) is 18.5 Å². The minimum Gasteiger partial charge on any atom is -0.480 e. The van der Waals surface area contributed by atoms with Crippen molar-refractivity contribution >= 4 is 17.7 Å². The van der Waals surface area contributed by atoms with Gasteiger partial charge in [-0.05, 0) is 37.3 Å². The minimum atomic E-state index is -0.949. The lowest BCUT2D eigenvalue weighted by atomic mass is 9.91. The van der Waals surface area contributed by atoms with Gasteiger partial charge in [0.25, 0.3) is 0 Å². The monoisotopic (exact) mass is 277 g/mol. The number of carbonyl (C=O) groups is 2. The normalized spacial score (nSPS) is 22.4. The third-order valence-corrected chi connectivity index (χ3v) is 3.57. The van der Waals surface area contributed by atoms with E-state index in [-0.39, 0.29) is 11.9 Å². The van der Waals surface area contributed by atoms with Crippen molar-refractivity contribution in [3.63, 3.8) is 0 Å². The predicted molar refractivity (Wildman–Crippen MR) is 74.5 cm³/mol. The Kier molecular flexibility index (Phi) is 4.22. The molecule has 0 aliphatic carbocycles. The molecule has 1 saturated heterocycles. The molecule has 0 aromatic carbocycles. The summed E-state index contributed by atoms with van der Waals surface area (Å²) in [5.41, 5.74) is 1.52. The highest BCUT2D eigenvalue weighted by atomic mass is 16.4. The van der Waals surface area contributed by atoms with Crippen LogP contribution in [0.5, 0.6) is 0 Å². The van der Waals surface area contributed by atoms with Crippen LogP contribution in [0, 0.1) is 12.8 Å². The molecule has 1 fully saturated rings. The summed E-state index contributed by atoms with van der Waals surface area (Å²) in [6.07, 6.45) is 4.89. The number of carbonyl (C=O) groups excluding carboxylic acids is 1. The van der Waals surface area contributed by atoms with Crippen molar-refractivity contribution in [2.24, 2.45) is 5.92 Å². The van der Waals surface area contributed by atoms with E-state index in [2.05, 4.69) is 10.3 Å². The number of nitrogens with zero attached hydrogens (tertiary/aromatic N) is 2. The first-order valence-electron chi connectivity index (χ1n) is 6.71. The zero-order chi connectivity index (χ0) is 14.7. The summed E-state index contributed by atoms with van der Waals surface area (Å²) in [7, 11) is 0. The van der Waals surface area contributed by atoms with E-state index in [0.717, 1.165) is 18.4 Å². The van der Waals surface area contributed by atoms with E-state index in [1.165, 1.54) is 4.90 Å². The van der Waals surface area contributed by atoms with Crippen LogP contribution in [0.2, 0.25) is 0 Å². The molecule has 1 aliphatic rings. The summed E-state index contributed by atoms with van der Waals surface area (Å²) in [5.74, 6) is -0.989. The Morgan fingerprint density at radius 1 is 1.45 bits per heavy atom. The fourth-order valence-corrected chi connectivity index (χ4v) is 2.61. The zero-order valence-corrected chi connectivity index (χ0v) is 11.7. The molecule has 2 unspecified atom stereocenters. The Hall–Kier alpha value is -2.11. The van der Waals surface area contributed by atoms with Crippen molar-refractivity contribution in [1.82, 2.24) is 9.88 Å². The molecule has 6 heteroatoms. The number of hydrogen-bond acceptors (Lipinski definition) is 3. The molecule has 1 aromatic heterocycles. The van der Waals surface area contributed by atoms with Gasteiger partial charge in [0.2, 0.25) is 0 Å². The summed E-state index contributed by atoms with van der Waals surface area (Å²) in [5, 5.41) is 12.0. The van der Waals surface area contributed by atoms with E-state index < -0.39 is 12.0 Å². The number of aliphatic carboxylic acids is 1. The fraction of sp³-hybridized carbons (Fsp3) is 0.500. The maximum Gasteiger partial charge on any atom is 0.326 e. The number of rotatable bonds is 2. The van der Waals surface area contributed by atoms with E-state index in [1.807, 2.05) is 13.8 Å². The molecule has 20 heavy (non-hydrogen) atoms. The predicted octanol–water partition coefficient (Wildman–Crippen LogP) is 2.11. The lowest BCUT2D eigenvalue weighted by Crippen LogP contribution is -2.53. The molecule has 1 aromatic rings. The van der Waals surface area contributed by atoms with Crippen LogP contribution in [0.1, 0.15) is 25.3 Å². The number of pyridine rings is 1. The van der Waals surface area contributed by atoms with Crippen molar-refractivity contribution in [2.75, 3.05) is 11.9 Å². The van der Waals surface area contributed by atoms with Crippen LogP contribution in [-0.2, 0) is 4.79 Å². The maximum atomic E-state index is 12.3. The number of piperidine rings is 1. The van der Waals surface area contributed by atoms with Crippen molar-refractivity contribution < 1.29 is 14.7 Å². The second-order valence-electron chi connectivity index (χ2n) is 5.28. The van der Waals surface area contributed by atoms with Gasteiger partial charge in [-0.3, -0.25) is 4.98 Å². The van der Waals surface area contributed by atoms with Crippen LogP contribution in [0.25, 0.3) is 0 Å². The van der Waals surface area contributed by atoms with Crippen LogP contribution in [-0.4, -0.2) is 39.6 Å². The first-order chi connectivity index (χ1) is 9.49. The quantitative estimate of drug-likeness (QED) is 0.867. The largest absolute Gasteiger partial charge is 0.480 e. The number of anilines is 1. The Labute approximate surface area is 117 Å². The lowest BCUT2D eigenvalue weighted by molar-refractivity contribution is -0.145. The number of carboxylic acid groups (broad SMARTS) is 1. The smallest absolute Gasteiger partial charge is 0.326 e. The lowest BCUT2D eigenvalue weighted by Gasteiger charge is -2.37. The molecule has 0 bridgehead atoms. The number of likely N-dealkylation sites (tertiary alicyclic amines) is 1. The average molecular weight is 277 g/mol. The number of hydrogen-bond donors (Lipinski definition) is 2. The van der Waals surface area contributed by atoms with Gasteiger partial charge >= 0.3 is 12.0 Å². The maximum absolute atomic E-state index is 12.3. The molecule has 0 saturated carbocycles. The van der Waals surface area contributed by atoms with Crippen molar-refractivity contribution in [3.8, 4) is 0 Å². The standard InChI is InChI=1S/C14H19N3O3/c1-9-6-11(8-15-7-9)16-14(20)17-5-3-4-10(2)12(17)13(18)19/h6-8,10,12H,3-5H2,1-2H3,(H,16,20)(H,18,19). The molecule has 0 radical (unpaired) electrons. The number of amides is 2. The first kappa shape index (κ1) is 14.3. The molecular weight excluding hydrogens is 258 g/mol. The van der Waals surface area contributed by atoms with Gasteiger partial charge in [0, 0.05) is 12.7 Å². The number of nitrogens with one attached hydrogen (secondary N) is 1. The van der Waals surface area contributed by atoms with Gasteiger partial charge in [-0.1, -0.05) is 6.92 Å². The van der Waals surface area contributed by atoms with Gasteiger partial charge in [0.05, 0.1) is 11.9 Å². The van der Waals surface area contributed by atoms with Crippen molar-refractivity contribution in [3.05, 3.63) is 24.0 Å². The van der Waals surface area contributed by atoms with Crippen LogP contribution in [0.3, 0.4) is 0 Å². The molecule has 1 aliphatic heterocycles. The summed E-state index contributed by atoms with van der Waals surface area (Å²) >= 11 is 0. The van der Waals surface area contributed by atoms with Gasteiger partial charge in [-0.25, -0.2) is 9.59 Å². The summed E-state index contributed by atoms with van der Waals surface area (Å²) in [6, 6.07) is 0.659. The third kappa shape index (κ3) is 3.07. The van der Waals surface area contributed by atoms with Crippen LogP contribution in [0.4, 0.5) is 10.5 Å². The molecule has 0 spiro atoms. The molecule has 2 heterocycles. The van der Waals surface area contributed by atoms with Crippen LogP contribution < -0.4 is 5.32 Å². The Morgan fingerprint density at radius 2 is 2.20 bits per heavy atom. The van der Waals surface area contributed by atoms with Gasteiger partial charge in [0.1, 0.15) is 6.04 Å². The molecule has 2 N–H and O–H groups in total. The zero-order valence-electron chi connectivity index (χ0n) is 11.7. The van der Waals surface area contributed by atoms with Crippen LogP contribution >= 0.6 is 0 Å². The van der Waals surface area contributed by atoms with Gasteiger partial charge in [-0.15, -0.1) is 0 Å². The Morgan fingerprint density at radius 3 is 2.85 bits per heavy atom. The highest BCUT2D eigenvalue weighted by Gasteiger charge is 2.37. The topological polar surface area (TPSA) is 82.5 Å². The van der Waals surface area contributed by atoms with E-state index in [9.17, 15) is 14.7 Å². The molecule has 6 nitrogen and oxygen atoms in total. The summed E-state index contributed by atoms with van der Waals surface area (Å²) < 4.78 is 0. The Balaban J connectivity index is 2.12. The minimum absolute atomic E-state index is 0.0392. The van der Waals surface area contributed by atoms with Gasteiger partial charge < -0.3 is 15.3 Å². The SMILES string of the molecule is Cc1cncc(NC(=O)N2CCCC(C)C2C(=O)O)c1.